The van der Waals surface area contributed by atoms with E-state index < -0.39 is 11.9 Å². The minimum Gasteiger partial charge on any atom is -0.465 e. The molecule has 2 rings (SSSR count). The fraction of sp³-hybridized carbons (Fsp3) is 0.0714. The van der Waals surface area contributed by atoms with E-state index >= 15 is 0 Å². The van der Waals surface area contributed by atoms with E-state index in [1.165, 1.54) is 25.4 Å². The second-order valence-corrected chi connectivity index (χ2v) is 5.26. The highest BCUT2D eigenvalue weighted by Gasteiger charge is 2.17. The van der Waals surface area contributed by atoms with Gasteiger partial charge in [-0.2, -0.15) is 0 Å². The van der Waals surface area contributed by atoms with Crippen LogP contribution in [0.4, 0.5) is 5.69 Å². The summed E-state index contributed by atoms with van der Waals surface area (Å²) in [5.74, 6) is -1.03. The van der Waals surface area contributed by atoms with Crippen LogP contribution in [0.2, 0.25) is 5.02 Å². The lowest BCUT2D eigenvalue weighted by Crippen LogP contribution is -2.17. The predicted molar refractivity (Wildman–Crippen MR) is 82.7 cm³/mol. The van der Waals surface area contributed by atoms with E-state index in [0.717, 1.165) is 0 Å². The number of amides is 1. The molecule has 21 heavy (non-hydrogen) atoms. The molecule has 108 valence electrons. The van der Waals surface area contributed by atoms with E-state index in [0.29, 0.717) is 9.50 Å². The number of pyridine rings is 1. The smallest absolute Gasteiger partial charge is 0.339 e. The van der Waals surface area contributed by atoms with Crippen molar-refractivity contribution in [3.63, 3.8) is 0 Å². The Balaban J connectivity index is 2.35. The minimum absolute atomic E-state index is 0.202. The summed E-state index contributed by atoms with van der Waals surface area (Å²) in [6.45, 7) is 0. The molecule has 0 aliphatic rings. The molecule has 0 aliphatic carbocycles. The number of ether oxygens (including phenoxy) is 1. The van der Waals surface area contributed by atoms with Crippen molar-refractivity contribution in [3.05, 3.63) is 57.3 Å². The van der Waals surface area contributed by atoms with E-state index in [4.69, 9.17) is 11.6 Å². The Labute approximate surface area is 134 Å². The van der Waals surface area contributed by atoms with Crippen molar-refractivity contribution in [2.75, 3.05) is 12.4 Å². The number of carbonyl (C=O) groups excluding carboxylic acids is 2. The van der Waals surface area contributed by atoms with Crippen molar-refractivity contribution >= 4 is 45.1 Å². The third kappa shape index (κ3) is 3.59. The molecule has 0 saturated heterocycles. The molecule has 0 fully saturated rings. The van der Waals surface area contributed by atoms with E-state index in [-0.39, 0.29) is 16.9 Å². The van der Waals surface area contributed by atoms with Gasteiger partial charge in [-0.1, -0.05) is 11.6 Å². The van der Waals surface area contributed by atoms with E-state index in [1.807, 2.05) is 0 Å². The van der Waals surface area contributed by atoms with Gasteiger partial charge in [-0.3, -0.25) is 4.79 Å². The Hall–Kier alpha value is -1.92. The molecule has 7 heteroatoms. The van der Waals surface area contributed by atoms with Gasteiger partial charge in [-0.05, 0) is 46.3 Å². The van der Waals surface area contributed by atoms with Crippen molar-refractivity contribution in [1.82, 2.24) is 4.98 Å². The summed E-state index contributed by atoms with van der Waals surface area (Å²) in [7, 11) is 1.26. The number of aromatic nitrogens is 1. The predicted octanol–water partition coefficient (Wildman–Crippen LogP) is 3.54. The van der Waals surface area contributed by atoms with Gasteiger partial charge in [0.25, 0.3) is 5.91 Å². The maximum Gasteiger partial charge on any atom is 0.339 e. The van der Waals surface area contributed by atoms with Crippen LogP contribution in [0.3, 0.4) is 0 Å². The van der Waals surface area contributed by atoms with E-state index in [1.54, 1.807) is 18.2 Å². The van der Waals surface area contributed by atoms with E-state index in [9.17, 15) is 9.59 Å². The molecule has 1 aromatic heterocycles. The van der Waals surface area contributed by atoms with Gasteiger partial charge in [0.15, 0.2) is 0 Å². The maximum atomic E-state index is 12.2. The second kappa shape index (κ2) is 6.69. The molecule has 0 bridgehead atoms. The van der Waals surface area contributed by atoms with Crippen LogP contribution in [-0.2, 0) is 4.74 Å². The first-order valence-corrected chi connectivity index (χ1v) is 6.99. The molecule has 0 unspecified atom stereocenters. The molecular weight excluding hydrogens is 360 g/mol. The Morgan fingerprint density at radius 3 is 2.76 bits per heavy atom. The van der Waals surface area contributed by atoms with Crippen LogP contribution in [-0.4, -0.2) is 24.0 Å². The first-order chi connectivity index (χ1) is 10.0. The van der Waals surface area contributed by atoms with Gasteiger partial charge in [-0.25, -0.2) is 9.78 Å². The third-order valence-corrected chi connectivity index (χ3v) is 3.48. The van der Waals surface area contributed by atoms with Crippen LogP contribution in [0.15, 0.2) is 41.0 Å². The number of hydrogen-bond acceptors (Lipinski definition) is 4. The minimum atomic E-state index is -0.568. The number of nitrogens with one attached hydrogen (secondary N) is 1. The van der Waals surface area contributed by atoms with Crippen LogP contribution in [0.1, 0.15) is 20.8 Å². The monoisotopic (exact) mass is 368 g/mol. The topological polar surface area (TPSA) is 68.3 Å². The van der Waals surface area contributed by atoms with Crippen LogP contribution in [0, 0.1) is 0 Å². The fourth-order valence-corrected chi connectivity index (χ4v) is 2.25. The second-order valence-electron chi connectivity index (χ2n) is 3.97. The standard InChI is InChI=1S/C14H10BrClN2O3/c1-21-14(20)9-5-4-8(16)7-11(9)18-13(19)12-10(15)3-2-6-17-12/h2-7H,1H3,(H,18,19). The van der Waals surface area contributed by atoms with E-state index in [2.05, 4.69) is 31.0 Å². The number of rotatable bonds is 3. The summed E-state index contributed by atoms with van der Waals surface area (Å²) in [5.41, 5.74) is 0.674. The van der Waals surface area contributed by atoms with Gasteiger partial charge in [0.05, 0.1) is 18.4 Å². The lowest BCUT2D eigenvalue weighted by Gasteiger charge is -2.10. The molecule has 0 saturated carbocycles. The molecule has 2 aromatic rings. The number of nitrogens with zero attached hydrogens (tertiary/aromatic N) is 1. The number of carbonyl (C=O) groups is 2. The average molecular weight is 370 g/mol. The molecule has 1 aromatic carbocycles. The van der Waals surface area contributed by atoms with Gasteiger partial charge >= 0.3 is 5.97 Å². The third-order valence-electron chi connectivity index (χ3n) is 2.61. The maximum absolute atomic E-state index is 12.2. The summed E-state index contributed by atoms with van der Waals surface area (Å²) < 4.78 is 5.22. The Kier molecular flexibility index (Phi) is 4.93. The first kappa shape index (κ1) is 15.5. The number of hydrogen-bond donors (Lipinski definition) is 1. The molecular formula is C14H10BrClN2O3. The highest BCUT2D eigenvalue weighted by molar-refractivity contribution is 9.10. The van der Waals surface area contributed by atoms with Crippen molar-refractivity contribution in [2.24, 2.45) is 0 Å². The highest BCUT2D eigenvalue weighted by Crippen LogP contribution is 2.23. The number of anilines is 1. The normalized spacial score (nSPS) is 10.0. The summed E-state index contributed by atoms with van der Waals surface area (Å²) >= 11 is 9.14. The number of benzene rings is 1. The molecule has 0 spiro atoms. The molecule has 5 nitrogen and oxygen atoms in total. The molecule has 1 amide bonds. The van der Waals surface area contributed by atoms with Gasteiger partial charge in [0.2, 0.25) is 0 Å². The van der Waals surface area contributed by atoms with Gasteiger partial charge in [0, 0.05) is 15.7 Å². The summed E-state index contributed by atoms with van der Waals surface area (Å²) in [4.78, 5) is 27.9. The zero-order valence-electron chi connectivity index (χ0n) is 10.9. The van der Waals surface area contributed by atoms with Crippen molar-refractivity contribution in [2.45, 2.75) is 0 Å². The summed E-state index contributed by atoms with van der Waals surface area (Å²) in [5, 5.41) is 2.99. The van der Waals surface area contributed by atoms with Crippen molar-refractivity contribution in [1.29, 1.82) is 0 Å². The number of halogens is 2. The quantitative estimate of drug-likeness (QED) is 0.840. The Bertz CT molecular complexity index is 706. The van der Waals surface area contributed by atoms with Crippen LogP contribution < -0.4 is 5.32 Å². The Morgan fingerprint density at radius 1 is 1.33 bits per heavy atom. The Morgan fingerprint density at radius 2 is 2.10 bits per heavy atom. The van der Waals surface area contributed by atoms with Crippen LogP contribution >= 0.6 is 27.5 Å². The molecule has 0 aliphatic heterocycles. The zero-order valence-corrected chi connectivity index (χ0v) is 13.2. The molecule has 1 heterocycles. The summed E-state index contributed by atoms with van der Waals surface area (Å²) in [6.07, 6.45) is 1.50. The fourth-order valence-electron chi connectivity index (χ4n) is 1.64. The number of methoxy groups -OCH3 is 1. The molecule has 0 radical (unpaired) electrons. The summed E-state index contributed by atoms with van der Waals surface area (Å²) in [6, 6.07) is 7.89. The highest BCUT2D eigenvalue weighted by atomic mass is 79.9. The average Bonchev–Trinajstić information content (AvgIpc) is 2.47. The zero-order chi connectivity index (χ0) is 15.4. The lowest BCUT2D eigenvalue weighted by atomic mass is 10.1. The largest absolute Gasteiger partial charge is 0.465 e. The van der Waals surface area contributed by atoms with Crippen molar-refractivity contribution < 1.29 is 14.3 Å². The first-order valence-electron chi connectivity index (χ1n) is 5.82. The number of esters is 1. The van der Waals surface area contributed by atoms with Crippen LogP contribution in [0.25, 0.3) is 0 Å². The van der Waals surface area contributed by atoms with Crippen molar-refractivity contribution in [3.8, 4) is 0 Å². The molecule has 0 atom stereocenters. The van der Waals surface area contributed by atoms with Gasteiger partial charge < -0.3 is 10.1 Å². The van der Waals surface area contributed by atoms with Crippen LogP contribution in [0.5, 0.6) is 0 Å². The SMILES string of the molecule is COC(=O)c1ccc(Cl)cc1NC(=O)c1ncccc1Br. The van der Waals surface area contributed by atoms with Gasteiger partial charge in [-0.15, -0.1) is 0 Å². The lowest BCUT2D eigenvalue weighted by molar-refractivity contribution is 0.0602. The van der Waals surface area contributed by atoms with Gasteiger partial charge in [0.1, 0.15) is 5.69 Å². The molecule has 1 N–H and O–H groups in total.